The van der Waals surface area contributed by atoms with Crippen LogP contribution in [0.3, 0.4) is 0 Å². The normalized spacial score (nSPS) is 12.2. The van der Waals surface area contributed by atoms with E-state index in [-0.39, 0.29) is 5.75 Å². The number of hydrogen-bond acceptors (Lipinski definition) is 5. The molecule has 0 aliphatic rings. The maximum absolute atomic E-state index is 11.0. The molecule has 98 valence electrons. The number of thiophene rings is 1. The minimum absolute atomic E-state index is 0.231. The van der Waals surface area contributed by atoms with Gasteiger partial charge in [0, 0.05) is 37.3 Å². The van der Waals surface area contributed by atoms with Gasteiger partial charge < -0.3 is 10.2 Å². The monoisotopic (exact) mass is 276 g/mol. The van der Waals surface area contributed by atoms with Crippen LogP contribution in [0.1, 0.15) is 4.88 Å². The van der Waals surface area contributed by atoms with Crippen molar-refractivity contribution in [3.05, 3.63) is 22.4 Å². The molecule has 17 heavy (non-hydrogen) atoms. The largest absolute Gasteiger partial charge is 0.311 e. The number of rotatable bonds is 8. The molecule has 0 bridgehead atoms. The van der Waals surface area contributed by atoms with E-state index < -0.39 is 9.84 Å². The van der Waals surface area contributed by atoms with Crippen molar-refractivity contribution in [3.63, 3.8) is 0 Å². The van der Waals surface area contributed by atoms with E-state index in [1.165, 1.54) is 11.1 Å². The van der Waals surface area contributed by atoms with Gasteiger partial charge in [0.05, 0.1) is 5.75 Å². The van der Waals surface area contributed by atoms with Gasteiger partial charge in [0.1, 0.15) is 9.84 Å². The van der Waals surface area contributed by atoms with Gasteiger partial charge in [-0.05, 0) is 18.5 Å². The number of sulfone groups is 1. The SMILES string of the molecule is CN(CCNCc1cccs1)CCS(C)(=O)=O. The van der Waals surface area contributed by atoms with Gasteiger partial charge in [-0.2, -0.15) is 0 Å². The van der Waals surface area contributed by atoms with E-state index in [1.54, 1.807) is 11.3 Å². The molecule has 0 atom stereocenters. The van der Waals surface area contributed by atoms with E-state index in [4.69, 9.17) is 0 Å². The summed E-state index contributed by atoms with van der Waals surface area (Å²) < 4.78 is 22.0. The molecule has 0 spiro atoms. The summed E-state index contributed by atoms with van der Waals surface area (Å²) in [5.74, 6) is 0.231. The molecule has 0 amide bonds. The Morgan fingerprint density at radius 1 is 1.41 bits per heavy atom. The van der Waals surface area contributed by atoms with Gasteiger partial charge in [-0.1, -0.05) is 6.07 Å². The Kier molecular flexibility index (Phi) is 6.11. The van der Waals surface area contributed by atoms with Crippen molar-refractivity contribution in [1.82, 2.24) is 10.2 Å². The Labute approximate surface area is 108 Å². The van der Waals surface area contributed by atoms with Gasteiger partial charge in [-0.15, -0.1) is 11.3 Å². The summed E-state index contributed by atoms with van der Waals surface area (Å²) in [7, 11) is -0.903. The number of likely N-dealkylation sites (N-methyl/N-ethyl adjacent to an activating group) is 1. The van der Waals surface area contributed by atoms with E-state index in [0.717, 1.165) is 19.6 Å². The lowest BCUT2D eigenvalue weighted by molar-refractivity contribution is 0.349. The minimum Gasteiger partial charge on any atom is -0.311 e. The predicted octanol–water partition coefficient (Wildman–Crippen LogP) is 0.814. The molecule has 0 unspecified atom stereocenters. The van der Waals surface area contributed by atoms with Gasteiger partial charge in [0.25, 0.3) is 0 Å². The van der Waals surface area contributed by atoms with Crippen LogP contribution in [0.5, 0.6) is 0 Å². The maximum atomic E-state index is 11.0. The van der Waals surface area contributed by atoms with Crippen LogP contribution >= 0.6 is 11.3 Å². The first kappa shape index (κ1) is 14.6. The molecule has 1 aromatic heterocycles. The molecule has 0 radical (unpaired) electrons. The van der Waals surface area contributed by atoms with Crippen LogP contribution in [0, 0.1) is 0 Å². The Bertz CT molecular complexity index is 401. The summed E-state index contributed by atoms with van der Waals surface area (Å²) in [6.07, 6.45) is 1.27. The summed E-state index contributed by atoms with van der Waals surface area (Å²) in [5.41, 5.74) is 0. The minimum atomic E-state index is -2.85. The van der Waals surface area contributed by atoms with E-state index >= 15 is 0 Å². The van der Waals surface area contributed by atoms with Crippen molar-refractivity contribution in [2.75, 3.05) is 38.7 Å². The first-order valence-electron chi connectivity index (χ1n) is 5.57. The number of nitrogens with one attached hydrogen (secondary N) is 1. The fraction of sp³-hybridized carbons (Fsp3) is 0.636. The maximum Gasteiger partial charge on any atom is 0.148 e. The summed E-state index contributed by atoms with van der Waals surface area (Å²) in [4.78, 5) is 3.35. The molecular weight excluding hydrogens is 256 g/mol. The molecular formula is C11H20N2O2S2. The second-order valence-electron chi connectivity index (χ2n) is 4.19. The summed E-state index contributed by atoms with van der Waals surface area (Å²) in [5, 5.41) is 5.40. The second-order valence-corrected chi connectivity index (χ2v) is 7.48. The topological polar surface area (TPSA) is 49.4 Å². The Hall–Kier alpha value is -0.430. The van der Waals surface area contributed by atoms with Crippen molar-refractivity contribution < 1.29 is 8.42 Å². The molecule has 1 N–H and O–H groups in total. The lowest BCUT2D eigenvalue weighted by Crippen LogP contribution is -2.32. The molecule has 4 nitrogen and oxygen atoms in total. The zero-order chi connectivity index (χ0) is 12.7. The molecule has 1 aromatic rings. The van der Waals surface area contributed by atoms with Crippen LogP contribution in [0.4, 0.5) is 0 Å². The quantitative estimate of drug-likeness (QED) is 0.714. The lowest BCUT2D eigenvalue weighted by atomic mass is 10.4. The van der Waals surface area contributed by atoms with E-state index in [2.05, 4.69) is 16.8 Å². The smallest absolute Gasteiger partial charge is 0.148 e. The molecule has 0 fully saturated rings. The molecule has 0 saturated heterocycles. The molecule has 0 saturated carbocycles. The lowest BCUT2D eigenvalue weighted by Gasteiger charge is -2.15. The van der Waals surface area contributed by atoms with Crippen LogP contribution in [-0.4, -0.2) is 52.0 Å². The van der Waals surface area contributed by atoms with Gasteiger partial charge in [0.2, 0.25) is 0 Å². The van der Waals surface area contributed by atoms with Gasteiger partial charge >= 0.3 is 0 Å². The van der Waals surface area contributed by atoms with E-state index in [1.807, 2.05) is 18.0 Å². The van der Waals surface area contributed by atoms with Crippen molar-refractivity contribution >= 4 is 21.2 Å². The molecule has 0 aromatic carbocycles. The highest BCUT2D eigenvalue weighted by atomic mass is 32.2. The van der Waals surface area contributed by atoms with Crippen molar-refractivity contribution in [3.8, 4) is 0 Å². The summed E-state index contributed by atoms with van der Waals surface area (Å²) >= 11 is 1.74. The van der Waals surface area contributed by atoms with Crippen LogP contribution in [0.2, 0.25) is 0 Å². The van der Waals surface area contributed by atoms with Gasteiger partial charge in [-0.25, -0.2) is 8.42 Å². The third kappa shape index (κ3) is 7.49. The Morgan fingerprint density at radius 3 is 2.76 bits per heavy atom. The number of hydrogen-bond donors (Lipinski definition) is 1. The standard InChI is InChI=1S/C11H20N2O2S2/c1-13(7-9-17(2,14)15)6-5-12-10-11-4-3-8-16-11/h3-4,8,12H,5-7,9-10H2,1-2H3. The predicted molar refractivity (Wildman–Crippen MR) is 73.2 cm³/mol. The Balaban J connectivity index is 2.06. The fourth-order valence-electron chi connectivity index (χ4n) is 1.33. The van der Waals surface area contributed by atoms with Crippen molar-refractivity contribution in [2.45, 2.75) is 6.54 Å². The summed E-state index contributed by atoms with van der Waals surface area (Å²) in [6.45, 7) is 3.22. The summed E-state index contributed by atoms with van der Waals surface area (Å²) in [6, 6.07) is 4.14. The van der Waals surface area contributed by atoms with Crippen molar-refractivity contribution in [1.29, 1.82) is 0 Å². The highest BCUT2D eigenvalue weighted by molar-refractivity contribution is 7.90. The van der Waals surface area contributed by atoms with Crippen LogP contribution in [0.15, 0.2) is 17.5 Å². The molecule has 1 heterocycles. The van der Waals surface area contributed by atoms with E-state index in [0.29, 0.717) is 6.54 Å². The van der Waals surface area contributed by atoms with Crippen molar-refractivity contribution in [2.24, 2.45) is 0 Å². The molecule has 0 aliphatic carbocycles. The third-order valence-corrected chi connectivity index (χ3v) is 4.19. The van der Waals surface area contributed by atoms with E-state index in [9.17, 15) is 8.42 Å². The Morgan fingerprint density at radius 2 is 2.18 bits per heavy atom. The van der Waals surface area contributed by atoms with Crippen LogP contribution in [0.25, 0.3) is 0 Å². The zero-order valence-corrected chi connectivity index (χ0v) is 12.0. The average molecular weight is 276 g/mol. The highest BCUT2D eigenvalue weighted by Gasteiger charge is 2.04. The average Bonchev–Trinajstić information content (AvgIpc) is 2.73. The zero-order valence-electron chi connectivity index (χ0n) is 10.3. The number of nitrogens with zero attached hydrogens (tertiary/aromatic N) is 1. The van der Waals surface area contributed by atoms with Crippen LogP contribution < -0.4 is 5.32 Å². The molecule has 1 rings (SSSR count). The molecule has 0 aliphatic heterocycles. The molecule has 6 heteroatoms. The highest BCUT2D eigenvalue weighted by Crippen LogP contribution is 2.06. The third-order valence-electron chi connectivity index (χ3n) is 2.39. The fourth-order valence-corrected chi connectivity index (χ4v) is 2.65. The van der Waals surface area contributed by atoms with Gasteiger partial charge in [0.15, 0.2) is 0 Å². The van der Waals surface area contributed by atoms with Gasteiger partial charge in [-0.3, -0.25) is 0 Å². The van der Waals surface area contributed by atoms with Crippen LogP contribution in [-0.2, 0) is 16.4 Å². The first-order chi connectivity index (χ1) is 7.97. The second kappa shape index (κ2) is 7.10. The first-order valence-corrected chi connectivity index (χ1v) is 8.51.